The average Bonchev–Trinajstić information content (AvgIpc) is 2.70. The van der Waals surface area contributed by atoms with Crippen LogP contribution in [0, 0.1) is 4.77 Å². The Hall–Kier alpha value is -1.69. The molecule has 0 bridgehead atoms. The number of aromatic amines is 1. The molecular formula is C10H12N4OS. The predicted octanol–water partition coefficient (Wildman–Crippen LogP) is 2.03. The summed E-state index contributed by atoms with van der Waals surface area (Å²) < 4.78 is 7.53. The van der Waals surface area contributed by atoms with Gasteiger partial charge in [-0.25, -0.2) is 4.98 Å². The van der Waals surface area contributed by atoms with E-state index in [9.17, 15) is 0 Å². The van der Waals surface area contributed by atoms with E-state index in [0.29, 0.717) is 10.7 Å². The van der Waals surface area contributed by atoms with Crippen LogP contribution in [0.25, 0.3) is 11.4 Å². The third-order valence-electron chi connectivity index (χ3n) is 2.28. The first kappa shape index (κ1) is 10.8. The molecule has 0 spiro atoms. The van der Waals surface area contributed by atoms with Crippen LogP contribution in [-0.4, -0.2) is 26.9 Å². The molecule has 6 heteroatoms. The molecule has 2 aromatic heterocycles. The summed E-state index contributed by atoms with van der Waals surface area (Å²) in [4.78, 5) is 4.13. The lowest BCUT2D eigenvalue weighted by molar-refractivity contribution is 0.398. The van der Waals surface area contributed by atoms with Crippen molar-refractivity contribution in [3.05, 3.63) is 23.1 Å². The number of ether oxygens (including phenoxy) is 1. The molecule has 0 aliphatic heterocycles. The number of H-pyrrole nitrogens is 1. The summed E-state index contributed by atoms with van der Waals surface area (Å²) in [7, 11) is 1.59. The van der Waals surface area contributed by atoms with Crippen molar-refractivity contribution >= 4 is 12.2 Å². The van der Waals surface area contributed by atoms with E-state index < -0.39 is 0 Å². The molecule has 84 valence electrons. The number of rotatable bonds is 3. The average molecular weight is 236 g/mol. The van der Waals surface area contributed by atoms with Gasteiger partial charge >= 0.3 is 0 Å². The Labute approximate surface area is 98.1 Å². The van der Waals surface area contributed by atoms with E-state index in [0.717, 1.165) is 17.9 Å². The minimum atomic E-state index is 0.584. The number of nitrogens with zero attached hydrogens (tertiary/aromatic N) is 3. The van der Waals surface area contributed by atoms with Crippen LogP contribution in [0.4, 0.5) is 0 Å². The molecule has 0 amide bonds. The first-order chi connectivity index (χ1) is 7.76. The van der Waals surface area contributed by atoms with Gasteiger partial charge in [-0.15, -0.1) is 0 Å². The maximum atomic E-state index is 5.12. The van der Waals surface area contributed by atoms with Gasteiger partial charge in [0.1, 0.15) is 0 Å². The third-order valence-corrected chi connectivity index (χ3v) is 2.59. The van der Waals surface area contributed by atoms with Crippen LogP contribution in [0.5, 0.6) is 5.88 Å². The molecule has 1 N–H and O–H groups in total. The topological polar surface area (TPSA) is 55.7 Å². The molecule has 0 unspecified atom stereocenters. The van der Waals surface area contributed by atoms with Crippen LogP contribution >= 0.6 is 12.2 Å². The van der Waals surface area contributed by atoms with E-state index in [1.165, 1.54) is 0 Å². The highest BCUT2D eigenvalue weighted by Gasteiger charge is 2.07. The third kappa shape index (κ3) is 1.83. The summed E-state index contributed by atoms with van der Waals surface area (Å²) in [5, 5.41) is 6.95. The van der Waals surface area contributed by atoms with Gasteiger partial charge in [-0.3, -0.25) is 5.10 Å². The maximum absolute atomic E-state index is 5.12. The fourth-order valence-corrected chi connectivity index (χ4v) is 1.73. The highest BCUT2D eigenvalue weighted by molar-refractivity contribution is 7.71. The number of hydrogen-bond donors (Lipinski definition) is 1. The lowest BCUT2D eigenvalue weighted by Gasteiger charge is -2.03. The summed E-state index contributed by atoms with van der Waals surface area (Å²) in [5.74, 6) is 1.38. The van der Waals surface area contributed by atoms with E-state index in [1.807, 2.05) is 17.6 Å². The SMILES string of the molecule is CCn1c(-c2ccc(OC)nc2)n[nH]c1=S. The van der Waals surface area contributed by atoms with Crippen LogP contribution in [0.15, 0.2) is 18.3 Å². The Bertz CT molecular complexity index is 528. The zero-order valence-corrected chi connectivity index (χ0v) is 9.91. The molecular weight excluding hydrogens is 224 g/mol. The van der Waals surface area contributed by atoms with Crippen LogP contribution < -0.4 is 4.74 Å². The van der Waals surface area contributed by atoms with Gasteiger partial charge in [0.15, 0.2) is 10.6 Å². The van der Waals surface area contributed by atoms with Crippen molar-refractivity contribution in [3.63, 3.8) is 0 Å². The quantitative estimate of drug-likeness (QED) is 0.828. The maximum Gasteiger partial charge on any atom is 0.212 e. The number of methoxy groups -OCH3 is 1. The Morgan fingerprint density at radius 3 is 2.88 bits per heavy atom. The van der Waals surface area contributed by atoms with Crippen LogP contribution in [-0.2, 0) is 6.54 Å². The molecule has 0 atom stereocenters. The standard InChI is InChI=1S/C10H12N4OS/c1-3-14-9(12-13-10(14)16)7-4-5-8(15-2)11-6-7/h4-6H,3H2,1-2H3,(H,13,16). The zero-order valence-electron chi connectivity index (χ0n) is 9.10. The van der Waals surface area contributed by atoms with Crippen LogP contribution in [0.1, 0.15) is 6.92 Å². The second kappa shape index (κ2) is 4.44. The van der Waals surface area contributed by atoms with Crippen LogP contribution in [0.2, 0.25) is 0 Å². The normalized spacial score (nSPS) is 10.4. The summed E-state index contributed by atoms with van der Waals surface area (Å²) in [6, 6.07) is 3.70. The molecule has 0 saturated heterocycles. The summed E-state index contributed by atoms with van der Waals surface area (Å²) in [5.41, 5.74) is 0.912. The molecule has 16 heavy (non-hydrogen) atoms. The molecule has 0 fully saturated rings. The van der Waals surface area contributed by atoms with Gasteiger partial charge in [-0.2, -0.15) is 5.10 Å². The number of nitrogens with one attached hydrogen (secondary N) is 1. The van der Waals surface area contributed by atoms with Crippen molar-refractivity contribution in [1.29, 1.82) is 0 Å². The number of aromatic nitrogens is 4. The van der Waals surface area contributed by atoms with E-state index in [1.54, 1.807) is 19.4 Å². The first-order valence-corrected chi connectivity index (χ1v) is 5.32. The summed E-state index contributed by atoms with van der Waals surface area (Å²) in [6.45, 7) is 2.79. The van der Waals surface area contributed by atoms with Crippen molar-refractivity contribution in [3.8, 4) is 17.3 Å². The zero-order chi connectivity index (χ0) is 11.5. The molecule has 0 aromatic carbocycles. The molecule has 0 saturated carbocycles. The molecule has 5 nitrogen and oxygen atoms in total. The van der Waals surface area contributed by atoms with E-state index in [-0.39, 0.29) is 0 Å². The molecule has 0 aliphatic rings. The number of pyridine rings is 1. The Morgan fingerprint density at radius 1 is 1.50 bits per heavy atom. The Balaban J connectivity index is 2.46. The molecule has 2 heterocycles. The fourth-order valence-electron chi connectivity index (χ4n) is 1.46. The number of hydrogen-bond acceptors (Lipinski definition) is 4. The van der Waals surface area contributed by atoms with Gasteiger partial charge in [0.2, 0.25) is 5.88 Å². The minimum absolute atomic E-state index is 0.584. The van der Waals surface area contributed by atoms with Gasteiger partial charge < -0.3 is 9.30 Å². The van der Waals surface area contributed by atoms with Crippen LogP contribution in [0.3, 0.4) is 0 Å². The van der Waals surface area contributed by atoms with E-state index in [4.69, 9.17) is 17.0 Å². The predicted molar refractivity (Wildman–Crippen MR) is 62.9 cm³/mol. The van der Waals surface area contributed by atoms with Crippen molar-refractivity contribution in [2.75, 3.05) is 7.11 Å². The monoisotopic (exact) mass is 236 g/mol. The fraction of sp³-hybridized carbons (Fsp3) is 0.300. The van der Waals surface area contributed by atoms with Gasteiger partial charge in [-0.1, -0.05) is 0 Å². The molecule has 2 rings (SSSR count). The van der Waals surface area contributed by atoms with Gasteiger partial charge in [0.05, 0.1) is 7.11 Å². The van der Waals surface area contributed by atoms with Crippen molar-refractivity contribution in [1.82, 2.24) is 19.7 Å². The highest BCUT2D eigenvalue weighted by atomic mass is 32.1. The second-order valence-electron chi connectivity index (χ2n) is 3.19. The van der Waals surface area contributed by atoms with Crippen molar-refractivity contribution in [2.45, 2.75) is 13.5 Å². The lowest BCUT2D eigenvalue weighted by atomic mass is 10.2. The molecule has 0 radical (unpaired) electrons. The second-order valence-corrected chi connectivity index (χ2v) is 3.57. The lowest BCUT2D eigenvalue weighted by Crippen LogP contribution is -1.98. The molecule has 0 aliphatic carbocycles. The van der Waals surface area contributed by atoms with E-state index >= 15 is 0 Å². The minimum Gasteiger partial charge on any atom is -0.481 e. The van der Waals surface area contributed by atoms with Gasteiger partial charge in [0.25, 0.3) is 0 Å². The highest BCUT2D eigenvalue weighted by Crippen LogP contribution is 2.18. The van der Waals surface area contributed by atoms with Gasteiger partial charge in [0, 0.05) is 24.4 Å². The van der Waals surface area contributed by atoms with Crippen molar-refractivity contribution in [2.24, 2.45) is 0 Å². The first-order valence-electron chi connectivity index (χ1n) is 4.92. The van der Waals surface area contributed by atoms with E-state index in [2.05, 4.69) is 15.2 Å². The summed E-state index contributed by atoms with van der Waals surface area (Å²) in [6.07, 6.45) is 1.72. The summed E-state index contributed by atoms with van der Waals surface area (Å²) >= 11 is 5.12. The Kier molecular flexibility index (Phi) is 3.00. The molecule has 2 aromatic rings. The smallest absolute Gasteiger partial charge is 0.212 e. The van der Waals surface area contributed by atoms with Crippen molar-refractivity contribution < 1.29 is 4.74 Å². The van der Waals surface area contributed by atoms with Gasteiger partial charge in [-0.05, 0) is 25.2 Å². The largest absolute Gasteiger partial charge is 0.481 e. The Morgan fingerprint density at radius 2 is 2.31 bits per heavy atom.